The predicted octanol–water partition coefficient (Wildman–Crippen LogP) is 2.42. The molecule has 1 rings (SSSR count). The number of hydrogen-bond acceptors (Lipinski definition) is 1. The molecule has 1 aromatic carbocycles. The summed E-state index contributed by atoms with van der Waals surface area (Å²) in [5.41, 5.74) is 0.698. The van der Waals surface area contributed by atoms with E-state index in [1.54, 1.807) is 18.2 Å². The second-order valence-corrected chi connectivity index (χ2v) is 2.85. The van der Waals surface area contributed by atoms with E-state index in [1.807, 2.05) is 0 Å². The Kier molecular flexibility index (Phi) is 4.03. The van der Waals surface area contributed by atoms with Gasteiger partial charge in [0.25, 0.3) is 0 Å². The number of anilines is 1. The normalized spacial score (nSPS) is 9.62. The van der Waals surface area contributed by atoms with Crippen LogP contribution >= 0.6 is 0 Å². The van der Waals surface area contributed by atoms with Crippen LogP contribution in [-0.2, 0) is 4.79 Å². The topological polar surface area (TPSA) is 29.1 Å². The summed E-state index contributed by atoms with van der Waals surface area (Å²) < 4.78 is 0. The van der Waals surface area contributed by atoms with Gasteiger partial charge in [-0.25, -0.2) is 0 Å². The summed E-state index contributed by atoms with van der Waals surface area (Å²) in [6.45, 7) is 2.07. The third-order valence-corrected chi connectivity index (χ3v) is 1.68. The molecule has 0 spiro atoms. The zero-order valence-corrected chi connectivity index (χ0v) is 7.76. The van der Waals surface area contributed by atoms with Crippen molar-refractivity contribution < 1.29 is 4.79 Å². The molecule has 2 radical (unpaired) electrons. The lowest BCUT2D eigenvalue weighted by molar-refractivity contribution is -0.116. The van der Waals surface area contributed by atoms with Gasteiger partial charge in [-0.1, -0.05) is 25.5 Å². The van der Waals surface area contributed by atoms with Crippen LogP contribution in [0.15, 0.2) is 18.2 Å². The van der Waals surface area contributed by atoms with E-state index in [0.29, 0.717) is 12.1 Å². The van der Waals surface area contributed by atoms with Crippen molar-refractivity contribution in [2.75, 3.05) is 5.32 Å². The fourth-order valence-corrected chi connectivity index (χ4v) is 0.975. The molecule has 0 aliphatic rings. The molecular weight excluding hydrogens is 162 g/mol. The van der Waals surface area contributed by atoms with Crippen molar-refractivity contribution in [2.24, 2.45) is 0 Å². The predicted molar refractivity (Wildman–Crippen MR) is 52.3 cm³/mol. The Bertz CT molecular complexity index is 256. The van der Waals surface area contributed by atoms with E-state index in [1.165, 1.54) is 0 Å². The minimum atomic E-state index is 0.0534. The van der Waals surface area contributed by atoms with Gasteiger partial charge in [-0.15, -0.1) is 0 Å². The van der Waals surface area contributed by atoms with Gasteiger partial charge in [0.1, 0.15) is 0 Å². The van der Waals surface area contributed by atoms with Crippen molar-refractivity contribution in [2.45, 2.75) is 26.2 Å². The SMILES string of the molecule is CCCCC(=O)Nc1[c]cc[c]c1. The van der Waals surface area contributed by atoms with Gasteiger partial charge in [0.05, 0.1) is 0 Å². The summed E-state index contributed by atoms with van der Waals surface area (Å²) in [6, 6.07) is 11.0. The number of carbonyl (C=O) groups excluding carboxylic acids is 1. The zero-order valence-electron chi connectivity index (χ0n) is 7.76. The van der Waals surface area contributed by atoms with Crippen LogP contribution in [0.25, 0.3) is 0 Å². The number of nitrogens with one attached hydrogen (secondary N) is 1. The molecule has 0 fully saturated rings. The number of amides is 1. The smallest absolute Gasteiger partial charge is 0.224 e. The number of unbranched alkanes of at least 4 members (excludes halogenated alkanes) is 1. The quantitative estimate of drug-likeness (QED) is 0.748. The number of hydrogen-bond donors (Lipinski definition) is 1. The molecule has 2 nitrogen and oxygen atoms in total. The maximum absolute atomic E-state index is 11.2. The molecule has 68 valence electrons. The number of carbonyl (C=O) groups is 1. The Morgan fingerprint density at radius 3 is 3.00 bits per heavy atom. The molecule has 1 N–H and O–H groups in total. The lowest BCUT2D eigenvalue weighted by atomic mass is 10.2. The molecule has 0 aliphatic heterocycles. The van der Waals surface area contributed by atoms with Crippen LogP contribution in [-0.4, -0.2) is 5.91 Å². The number of rotatable bonds is 4. The molecule has 0 atom stereocenters. The Hall–Kier alpha value is -1.31. The summed E-state index contributed by atoms with van der Waals surface area (Å²) in [7, 11) is 0. The summed E-state index contributed by atoms with van der Waals surface area (Å²) in [4.78, 5) is 11.2. The Morgan fingerprint density at radius 2 is 2.38 bits per heavy atom. The molecule has 13 heavy (non-hydrogen) atoms. The van der Waals surface area contributed by atoms with Crippen LogP contribution in [0.2, 0.25) is 0 Å². The minimum Gasteiger partial charge on any atom is -0.325 e. The van der Waals surface area contributed by atoms with Gasteiger partial charge in [-0.2, -0.15) is 0 Å². The van der Waals surface area contributed by atoms with Crippen LogP contribution in [0.5, 0.6) is 0 Å². The molecular formula is C11H13NO. The van der Waals surface area contributed by atoms with Crippen molar-refractivity contribution in [3.8, 4) is 0 Å². The molecule has 0 saturated carbocycles. The first-order valence-electron chi connectivity index (χ1n) is 4.50. The standard InChI is InChI=1S/C11H13NO/c1-2-3-9-11(13)12-10-7-5-4-6-8-10/h4-5,8H,2-3,9H2,1H3,(H,12,13). The van der Waals surface area contributed by atoms with Crippen LogP contribution in [0.3, 0.4) is 0 Å². The van der Waals surface area contributed by atoms with E-state index in [9.17, 15) is 4.79 Å². The van der Waals surface area contributed by atoms with E-state index in [2.05, 4.69) is 24.4 Å². The molecule has 2 heteroatoms. The van der Waals surface area contributed by atoms with E-state index >= 15 is 0 Å². The first kappa shape index (κ1) is 9.78. The average Bonchev–Trinajstić information content (AvgIpc) is 2.16. The monoisotopic (exact) mass is 175 g/mol. The summed E-state index contributed by atoms with van der Waals surface area (Å²) >= 11 is 0. The van der Waals surface area contributed by atoms with Crippen LogP contribution in [0.1, 0.15) is 26.2 Å². The molecule has 1 amide bonds. The second kappa shape index (κ2) is 5.36. The maximum atomic E-state index is 11.2. The van der Waals surface area contributed by atoms with Gasteiger partial charge in [0.15, 0.2) is 0 Å². The number of benzene rings is 1. The molecule has 0 saturated heterocycles. The molecule has 0 aromatic heterocycles. The highest BCUT2D eigenvalue weighted by atomic mass is 16.1. The van der Waals surface area contributed by atoms with Crippen molar-refractivity contribution in [3.05, 3.63) is 30.3 Å². The fraction of sp³-hybridized carbons (Fsp3) is 0.364. The molecule has 0 unspecified atom stereocenters. The second-order valence-electron chi connectivity index (χ2n) is 2.85. The zero-order chi connectivity index (χ0) is 9.52. The largest absolute Gasteiger partial charge is 0.325 e. The third-order valence-electron chi connectivity index (χ3n) is 1.68. The van der Waals surface area contributed by atoms with Crippen molar-refractivity contribution >= 4 is 11.6 Å². The van der Waals surface area contributed by atoms with Crippen molar-refractivity contribution in [3.63, 3.8) is 0 Å². The summed E-state index contributed by atoms with van der Waals surface area (Å²) in [5.74, 6) is 0.0534. The lowest BCUT2D eigenvalue weighted by Crippen LogP contribution is -2.10. The van der Waals surface area contributed by atoms with E-state index in [0.717, 1.165) is 12.8 Å². The summed E-state index contributed by atoms with van der Waals surface area (Å²) in [6.07, 6.45) is 2.56. The average molecular weight is 175 g/mol. The fourth-order valence-electron chi connectivity index (χ4n) is 0.975. The lowest BCUT2D eigenvalue weighted by Gasteiger charge is -2.02. The highest BCUT2D eigenvalue weighted by Crippen LogP contribution is 2.05. The molecule has 1 aromatic rings. The van der Waals surface area contributed by atoms with Gasteiger partial charge in [0, 0.05) is 18.2 Å². The maximum Gasteiger partial charge on any atom is 0.224 e. The summed E-state index contributed by atoms with van der Waals surface area (Å²) in [5, 5.41) is 2.75. The van der Waals surface area contributed by atoms with E-state index in [-0.39, 0.29) is 5.91 Å². The van der Waals surface area contributed by atoms with Crippen LogP contribution in [0, 0.1) is 12.1 Å². The minimum absolute atomic E-state index is 0.0534. The third kappa shape index (κ3) is 3.74. The van der Waals surface area contributed by atoms with Crippen LogP contribution in [0.4, 0.5) is 5.69 Å². The van der Waals surface area contributed by atoms with Gasteiger partial charge < -0.3 is 5.32 Å². The Labute approximate surface area is 79.0 Å². The molecule has 0 heterocycles. The highest BCUT2D eigenvalue weighted by Gasteiger charge is 1.99. The van der Waals surface area contributed by atoms with Gasteiger partial charge in [-0.3, -0.25) is 4.79 Å². The highest BCUT2D eigenvalue weighted by molar-refractivity contribution is 5.90. The van der Waals surface area contributed by atoms with E-state index in [4.69, 9.17) is 0 Å². The van der Waals surface area contributed by atoms with Crippen molar-refractivity contribution in [1.29, 1.82) is 0 Å². The van der Waals surface area contributed by atoms with E-state index < -0.39 is 0 Å². The first-order chi connectivity index (χ1) is 6.33. The van der Waals surface area contributed by atoms with Gasteiger partial charge in [0.2, 0.25) is 5.91 Å². The van der Waals surface area contributed by atoms with Gasteiger partial charge >= 0.3 is 0 Å². The Balaban J connectivity index is 2.37. The van der Waals surface area contributed by atoms with Crippen molar-refractivity contribution in [1.82, 2.24) is 0 Å². The Morgan fingerprint density at radius 1 is 1.54 bits per heavy atom. The molecule has 0 aliphatic carbocycles. The van der Waals surface area contributed by atoms with Gasteiger partial charge in [-0.05, 0) is 18.6 Å². The first-order valence-corrected chi connectivity index (χ1v) is 4.50. The van der Waals surface area contributed by atoms with Crippen LogP contribution < -0.4 is 5.32 Å². The molecule has 0 bridgehead atoms.